The number of nitriles is 2. The van der Waals surface area contributed by atoms with Crippen LogP contribution < -0.4 is 34.3 Å². The fourth-order valence-corrected chi connectivity index (χ4v) is 2.88. The minimum Gasteiger partial charge on any atom is -0.744 e. The van der Waals surface area contributed by atoms with Crippen LogP contribution >= 0.6 is 0 Å². The molecule has 0 spiro atoms. The normalized spacial score (nSPS) is 10.4. The summed E-state index contributed by atoms with van der Waals surface area (Å²) in [6.07, 6.45) is 0. The molecule has 0 amide bonds. The van der Waals surface area contributed by atoms with E-state index in [4.69, 9.17) is 10.00 Å². The fourth-order valence-electron chi connectivity index (χ4n) is 2.37. The Hall–Kier alpha value is -2.39. The van der Waals surface area contributed by atoms with E-state index in [0.29, 0.717) is 16.5 Å². The van der Waals surface area contributed by atoms with Crippen molar-refractivity contribution in [2.45, 2.75) is 4.90 Å². The summed E-state index contributed by atoms with van der Waals surface area (Å²) >= 11 is 0. The standard InChI is InChI=1S/C18H10N2O4S.Na/c19-10-14-2-1-3-18(17(14)11-20)24-15-6-4-13-9-16(25(21,22)23)7-5-12(13)8-15;/h1-9H,(H,21,22,23);/q;+1/p-1. The van der Waals surface area contributed by atoms with Gasteiger partial charge >= 0.3 is 29.6 Å². The second-order valence-electron chi connectivity index (χ2n) is 5.13. The van der Waals surface area contributed by atoms with Gasteiger partial charge in [-0.25, -0.2) is 8.42 Å². The Morgan fingerprint density at radius 2 is 1.62 bits per heavy atom. The number of hydrogen-bond acceptors (Lipinski definition) is 6. The second kappa shape index (κ2) is 7.88. The molecule has 3 rings (SSSR count). The Labute approximate surface area is 172 Å². The van der Waals surface area contributed by atoms with Crippen molar-refractivity contribution in [3.05, 3.63) is 65.7 Å². The average Bonchev–Trinajstić information content (AvgIpc) is 2.60. The van der Waals surface area contributed by atoms with Crippen LogP contribution in [0.4, 0.5) is 0 Å². The first-order valence-electron chi connectivity index (χ1n) is 7.03. The van der Waals surface area contributed by atoms with E-state index in [1.165, 1.54) is 24.3 Å². The SMILES string of the molecule is N#Cc1cccc(Oc2ccc3cc(S(=O)(=O)[O-])ccc3c2)c1C#N.[Na+]. The molecule has 0 aromatic heterocycles. The Bertz CT molecular complexity index is 1180. The molecule has 0 N–H and O–H groups in total. The van der Waals surface area contributed by atoms with Crippen LogP contribution in [0.3, 0.4) is 0 Å². The summed E-state index contributed by atoms with van der Waals surface area (Å²) in [5.41, 5.74) is 0.351. The summed E-state index contributed by atoms with van der Waals surface area (Å²) in [5.74, 6) is 0.663. The number of benzene rings is 3. The minimum absolute atomic E-state index is 0. The maximum Gasteiger partial charge on any atom is 1.00 e. The Balaban J connectivity index is 0.00000243. The maximum absolute atomic E-state index is 11.1. The monoisotopic (exact) mass is 372 g/mol. The quantitative estimate of drug-likeness (QED) is 0.482. The summed E-state index contributed by atoms with van der Waals surface area (Å²) in [7, 11) is -4.52. The molecule has 3 aromatic carbocycles. The van der Waals surface area contributed by atoms with Gasteiger partial charge in [-0.15, -0.1) is 0 Å². The molecule has 0 bridgehead atoms. The van der Waals surface area contributed by atoms with Gasteiger partial charge in [0.2, 0.25) is 0 Å². The Morgan fingerprint density at radius 1 is 0.923 bits per heavy atom. The van der Waals surface area contributed by atoms with Crippen molar-refractivity contribution in [3.63, 3.8) is 0 Å². The van der Waals surface area contributed by atoms with Gasteiger partial charge < -0.3 is 9.29 Å². The number of fused-ring (bicyclic) bond motifs is 1. The van der Waals surface area contributed by atoms with Crippen LogP contribution in [0.1, 0.15) is 11.1 Å². The smallest absolute Gasteiger partial charge is 0.744 e. The summed E-state index contributed by atoms with van der Waals surface area (Å²) in [5, 5.41) is 19.5. The molecule has 0 fully saturated rings. The van der Waals surface area contributed by atoms with E-state index in [1.807, 2.05) is 12.1 Å². The third-order valence-electron chi connectivity index (χ3n) is 3.56. The van der Waals surface area contributed by atoms with Crippen LogP contribution in [0.25, 0.3) is 10.8 Å². The molecule has 0 atom stereocenters. The van der Waals surface area contributed by atoms with Crippen molar-refractivity contribution in [2.24, 2.45) is 0 Å². The first kappa shape index (κ1) is 19.9. The molecular formula is C18H9N2NaO4S. The van der Waals surface area contributed by atoms with Crippen molar-refractivity contribution in [1.82, 2.24) is 0 Å². The van der Waals surface area contributed by atoms with Gasteiger partial charge in [0.15, 0.2) is 0 Å². The second-order valence-corrected chi connectivity index (χ2v) is 6.51. The third-order valence-corrected chi connectivity index (χ3v) is 4.39. The molecular weight excluding hydrogens is 363 g/mol. The van der Waals surface area contributed by atoms with Crippen molar-refractivity contribution >= 4 is 20.9 Å². The molecule has 122 valence electrons. The largest absolute Gasteiger partial charge is 1.00 e. The summed E-state index contributed by atoms with van der Waals surface area (Å²) in [4.78, 5) is -0.304. The van der Waals surface area contributed by atoms with Crippen molar-refractivity contribution < 1.29 is 47.3 Å². The predicted octanol–water partition coefficient (Wildman–Crippen LogP) is 0.284. The van der Waals surface area contributed by atoms with Crippen molar-refractivity contribution in [3.8, 4) is 23.6 Å². The van der Waals surface area contributed by atoms with Gasteiger partial charge in [-0.3, -0.25) is 0 Å². The zero-order valence-electron chi connectivity index (χ0n) is 13.6. The average molecular weight is 372 g/mol. The van der Waals surface area contributed by atoms with Gasteiger partial charge in [-0.05, 0) is 47.2 Å². The molecule has 0 aliphatic heterocycles. The van der Waals surface area contributed by atoms with Gasteiger partial charge in [-0.1, -0.05) is 18.2 Å². The van der Waals surface area contributed by atoms with E-state index >= 15 is 0 Å². The Kier molecular flexibility index (Phi) is 6.04. The molecule has 0 saturated heterocycles. The van der Waals surface area contributed by atoms with E-state index in [9.17, 15) is 18.2 Å². The maximum atomic E-state index is 11.1. The van der Waals surface area contributed by atoms with Crippen LogP contribution in [0.5, 0.6) is 11.5 Å². The predicted molar refractivity (Wildman–Crippen MR) is 87.9 cm³/mol. The van der Waals surface area contributed by atoms with E-state index in [0.717, 1.165) is 0 Å². The molecule has 0 radical (unpaired) electrons. The first-order chi connectivity index (χ1) is 11.9. The van der Waals surface area contributed by atoms with Gasteiger partial charge in [-0.2, -0.15) is 10.5 Å². The van der Waals surface area contributed by atoms with E-state index in [-0.39, 0.29) is 51.3 Å². The zero-order valence-corrected chi connectivity index (χ0v) is 16.4. The van der Waals surface area contributed by atoms with Gasteiger partial charge in [0.05, 0.1) is 10.5 Å². The summed E-state index contributed by atoms with van der Waals surface area (Å²) in [6, 6.07) is 17.5. The van der Waals surface area contributed by atoms with E-state index in [2.05, 4.69) is 0 Å². The number of rotatable bonds is 3. The van der Waals surface area contributed by atoms with Crippen LogP contribution in [-0.2, 0) is 10.1 Å². The van der Waals surface area contributed by atoms with Gasteiger partial charge in [0.1, 0.15) is 39.3 Å². The van der Waals surface area contributed by atoms with Gasteiger partial charge in [0.25, 0.3) is 0 Å². The number of ether oxygens (including phenoxy) is 1. The van der Waals surface area contributed by atoms with Crippen LogP contribution in [0.15, 0.2) is 59.5 Å². The number of hydrogen-bond donors (Lipinski definition) is 0. The Morgan fingerprint density at radius 3 is 2.27 bits per heavy atom. The summed E-state index contributed by atoms with van der Waals surface area (Å²) < 4.78 is 38.9. The van der Waals surface area contributed by atoms with E-state index in [1.54, 1.807) is 30.3 Å². The van der Waals surface area contributed by atoms with Crippen LogP contribution in [0.2, 0.25) is 0 Å². The molecule has 6 nitrogen and oxygen atoms in total. The minimum atomic E-state index is -4.52. The molecule has 3 aromatic rings. The molecule has 26 heavy (non-hydrogen) atoms. The fraction of sp³-hybridized carbons (Fsp3) is 0. The zero-order chi connectivity index (χ0) is 18.0. The van der Waals surface area contributed by atoms with Crippen molar-refractivity contribution in [1.29, 1.82) is 10.5 Å². The number of nitrogens with zero attached hydrogens (tertiary/aromatic N) is 2. The molecule has 0 aliphatic rings. The molecule has 0 saturated carbocycles. The summed E-state index contributed by atoms with van der Waals surface area (Å²) in [6.45, 7) is 0. The van der Waals surface area contributed by atoms with Crippen molar-refractivity contribution in [2.75, 3.05) is 0 Å². The molecule has 8 heteroatoms. The van der Waals surface area contributed by atoms with Crippen LogP contribution in [0, 0.1) is 22.7 Å². The molecule has 0 heterocycles. The molecule has 0 unspecified atom stereocenters. The van der Waals surface area contributed by atoms with E-state index < -0.39 is 10.1 Å². The first-order valence-corrected chi connectivity index (χ1v) is 8.44. The van der Waals surface area contributed by atoms with Gasteiger partial charge in [0, 0.05) is 0 Å². The topological polar surface area (TPSA) is 114 Å². The third kappa shape index (κ3) is 4.05. The molecule has 0 aliphatic carbocycles. The van der Waals surface area contributed by atoms with Crippen LogP contribution in [-0.4, -0.2) is 13.0 Å².